The Hall–Kier alpha value is -1.89. The summed E-state index contributed by atoms with van der Waals surface area (Å²) in [7, 11) is 0. The zero-order chi connectivity index (χ0) is 14.4. The second-order valence-corrected chi connectivity index (χ2v) is 4.56. The number of imidazole rings is 1. The van der Waals surface area contributed by atoms with E-state index in [9.17, 15) is 0 Å². The summed E-state index contributed by atoms with van der Waals surface area (Å²) in [6.07, 6.45) is 3.36. The predicted molar refractivity (Wildman–Crippen MR) is 80.1 cm³/mol. The third-order valence-electron chi connectivity index (χ3n) is 3.07. The van der Waals surface area contributed by atoms with E-state index in [-0.39, 0.29) is 6.61 Å². The van der Waals surface area contributed by atoms with Crippen molar-refractivity contribution >= 4 is 22.9 Å². The van der Waals surface area contributed by atoms with Crippen molar-refractivity contribution < 1.29 is 5.11 Å². The standard InChI is InChI=1S/C13H22N6O/c1-3-6-14-13-17-11-10(15-9-16-11)12(18-13)19(4-2)7-5-8-20/h9,20H,3-8H2,1-2H3,(H2,14,15,16,17,18). The maximum atomic E-state index is 9.01. The van der Waals surface area contributed by atoms with Crippen molar-refractivity contribution in [1.29, 1.82) is 0 Å². The molecule has 0 atom stereocenters. The van der Waals surface area contributed by atoms with Crippen LogP contribution in [0.4, 0.5) is 11.8 Å². The Bertz CT molecular complexity index is 541. The molecule has 0 radical (unpaired) electrons. The molecule has 0 bridgehead atoms. The minimum atomic E-state index is 0.175. The van der Waals surface area contributed by atoms with Crippen LogP contribution >= 0.6 is 0 Å². The summed E-state index contributed by atoms with van der Waals surface area (Å²) in [6, 6.07) is 0. The van der Waals surface area contributed by atoms with Gasteiger partial charge in [-0.3, -0.25) is 0 Å². The lowest BCUT2D eigenvalue weighted by atomic mass is 10.3. The Morgan fingerprint density at radius 1 is 1.35 bits per heavy atom. The molecule has 0 aromatic carbocycles. The average Bonchev–Trinajstić information content (AvgIpc) is 2.94. The van der Waals surface area contributed by atoms with Gasteiger partial charge in [-0.2, -0.15) is 9.97 Å². The summed E-state index contributed by atoms with van der Waals surface area (Å²) in [6.45, 7) is 6.75. The molecule has 0 saturated heterocycles. The summed E-state index contributed by atoms with van der Waals surface area (Å²) in [5.74, 6) is 1.44. The van der Waals surface area contributed by atoms with Crippen molar-refractivity contribution in [2.45, 2.75) is 26.7 Å². The molecule has 0 saturated carbocycles. The van der Waals surface area contributed by atoms with Crippen LogP contribution in [0, 0.1) is 0 Å². The first-order valence-electron chi connectivity index (χ1n) is 7.10. The highest BCUT2D eigenvalue weighted by Crippen LogP contribution is 2.22. The minimum absolute atomic E-state index is 0.175. The van der Waals surface area contributed by atoms with Gasteiger partial charge in [0.1, 0.15) is 5.52 Å². The van der Waals surface area contributed by atoms with E-state index in [2.05, 4.69) is 44.0 Å². The van der Waals surface area contributed by atoms with Gasteiger partial charge in [0.2, 0.25) is 5.95 Å². The van der Waals surface area contributed by atoms with E-state index < -0.39 is 0 Å². The van der Waals surface area contributed by atoms with E-state index in [1.54, 1.807) is 6.33 Å². The fourth-order valence-corrected chi connectivity index (χ4v) is 2.04. The molecule has 110 valence electrons. The Kier molecular flexibility index (Phi) is 5.11. The zero-order valence-electron chi connectivity index (χ0n) is 12.1. The van der Waals surface area contributed by atoms with Gasteiger partial charge in [-0.15, -0.1) is 0 Å². The van der Waals surface area contributed by atoms with E-state index in [4.69, 9.17) is 5.11 Å². The van der Waals surface area contributed by atoms with Crippen molar-refractivity contribution in [2.75, 3.05) is 36.5 Å². The molecule has 0 spiro atoms. The van der Waals surface area contributed by atoms with Crippen molar-refractivity contribution in [3.05, 3.63) is 6.33 Å². The second-order valence-electron chi connectivity index (χ2n) is 4.56. The number of hydrogen-bond acceptors (Lipinski definition) is 6. The zero-order valence-corrected chi connectivity index (χ0v) is 12.1. The molecule has 2 aromatic heterocycles. The highest BCUT2D eigenvalue weighted by atomic mass is 16.3. The van der Waals surface area contributed by atoms with Gasteiger partial charge < -0.3 is 20.3 Å². The molecule has 0 amide bonds. The molecule has 0 aliphatic heterocycles. The molecule has 0 unspecified atom stereocenters. The van der Waals surface area contributed by atoms with Gasteiger partial charge in [-0.05, 0) is 19.8 Å². The highest BCUT2D eigenvalue weighted by molar-refractivity contribution is 5.84. The Morgan fingerprint density at radius 3 is 2.90 bits per heavy atom. The molecule has 3 N–H and O–H groups in total. The van der Waals surface area contributed by atoms with Gasteiger partial charge in [0, 0.05) is 26.2 Å². The van der Waals surface area contributed by atoms with Crippen LogP contribution in [0.5, 0.6) is 0 Å². The minimum Gasteiger partial charge on any atom is -0.396 e. The summed E-state index contributed by atoms with van der Waals surface area (Å²) >= 11 is 0. The molecule has 0 aliphatic rings. The van der Waals surface area contributed by atoms with Gasteiger partial charge in [-0.1, -0.05) is 6.92 Å². The van der Waals surface area contributed by atoms with Crippen molar-refractivity contribution in [3.8, 4) is 0 Å². The van der Waals surface area contributed by atoms with Crippen LogP contribution in [0.1, 0.15) is 26.7 Å². The van der Waals surface area contributed by atoms with E-state index in [1.807, 2.05) is 0 Å². The van der Waals surface area contributed by atoms with Gasteiger partial charge in [0.25, 0.3) is 0 Å². The summed E-state index contributed by atoms with van der Waals surface area (Å²) in [4.78, 5) is 18.4. The first kappa shape index (κ1) is 14.5. The lowest BCUT2D eigenvalue weighted by molar-refractivity contribution is 0.289. The number of nitrogens with zero attached hydrogens (tertiary/aromatic N) is 4. The number of aromatic nitrogens is 4. The summed E-state index contributed by atoms with van der Waals surface area (Å²) in [5, 5.41) is 12.2. The number of H-pyrrole nitrogens is 1. The average molecular weight is 278 g/mol. The Morgan fingerprint density at radius 2 is 2.20 bits per heavy atom. The van der Waals surface area contributed by atoms with Gasteiger partial charge in [-0.25, -0.2) is 4.98 Å². The van der Waals surface area contributed by atoms with Gasteiger partial charge in [0.05, 0.1) is 6.33 Å². The number of fused-ring (bicyclic) bond motifs is 1. The number of anilines is 2. The van der Waals surface area contributed by atoms with Crippen molar-refractivity contribution in [3.63, 3.8) is 0 Å². The van der Waals surface area contributed by atoms with Crippen LogP contribution in [-0.4, -0.2) is 51.3 Å². The first-order valence-corrected chi connectivity index (χ1v) is 7.10. The van der Waals surface area contributed by atoms with Crippen LogP contribution in [0.2, 0.25) is 0 Å². The topological polar surface area (TPSA) is 90.0 Å². The monoisotopic (exact) mass is 278 g/mol. The van der Waals surface area contributed by atoms with E-state index >= 15 is 0 Å². The second kappa shape index (κ2) is 7.04. The lowest BCUT2D eigenvalue weighted by Crippen LogP contribution is -2.26. The smallest absolute Gasteiger partial charge is 0.226 e. The Balaban J connectivity index is 2.34. The molecular weight excluding hydrogens is 256 g/mol. The number of aliphatic hydroxyl groups excluding tert-OH is 1. The fourth-order valence-electron chi connectivity index (χ4n) is 2.04. The molecular formula is C13H22N6O. The van der Waals surface area contributed by atoms with E-state index in [0.29, 0.717) is 18.0 Å². The first-order chi connectivity index (χ1) is 9.80. The maximum Gasteiger partial charge on any atom is 0.226 e. The molecule has 20 heavy (non-hydrogen) atoms. The summed E-state index contributed by atoms with van der Waals surface area (Å²) in [5.41, 5.74) is 1.50. The van der Waals surface area contributed by atoms with E-state index in [1.165, 1.54) is 0 Å². The highest BCUT2D eigenvalue weighted by Gasteiger charge is 2.14. The normalized spacial score (nSPS) is 10.9. The maximum absolute atomic E-state index is 9.01. The third-order valence-corrected chi connectivity index (χ3v) is 3.07. The van der Waals surface area contributed by atoms with Crippen LogP contribution in [0.25, 0.3) is 11.2 Å². The molecule has 2 aromatic rings. The number of hydrogen-bond donors (Lipinski definition) is 3. The lowest BCUT2D eigenvalue weighted by Gasteiger charge is -2.22. The quantitative estimate of drug-likeness (QED) is 0.676. The molecule has 2 heterocycles. The SMILES string of the molecule is CCCNc1nc(N(CC)CCCO)c2[nH]cnc2n1. The van der Waals surface area contributed by atoms with Crippen molar-refractivity contribution in [2.24, 2.45) is 0 Å². The van der Waals surface area contributed by atoms with Crippen LogP contribution < -0.4 is 10.2 Å². The molecule has 2 rings (SSSR count). The molecule has 0 fully saturated rings. The van der Waals surface area contributed by atoms with Crippen LogP contribution in [0.3, 0.4) is 0 Å². The molecule has 7 nitrogen and oxygen atoms in total. The van der Waals surface area contributed by atoms with Crippen LogP contribution in [-0.2, 0) is 0 Å². The predicted octanol–water partition coefficient (Wildman–Crippen LogP) is 1.38. The number of nitrogens with one attached hydrogen (secondary N) is 2. The fraction of sp³-hybridized carbons (Fsp3) is 0.615. The largest absolute Gasteiger partial charge is 0.396 e. The number of aliphatic hydroxyl groups is 1. The number of aromatic amines is 1. The number of rotatable bonds is 8. The Labute approximate surface area is 118 Å². The molecule has 7 heteroatoms. The van der Waals surface area contributed by atoms with Crippen LogP contribution in [0.15, 0.2) is 6.33 Å². The van der Waals surface area contributed by atoms with Gasteiger partial charge >= 0.3 is 0 Å². The molecule has 0 aliphatic carbocycles. The van der Waals surface area contributed by atoms with Crippen molar-refractivity contribution in [1.82, 2.24) is 19.9 Å². The third kappa shape index (κ3) is 3.16. The van der Waals surface area contributed by atoms with Gasteiger partial charge in [0.15, 0.2) is 11.5 Å². The van der Waals surface area contributed by atoms with E-state index in [0.717, 1.165) is 37.4 Å². The summed E-state index contributed by atoms with van der Waals surface area (Å²) < 4.78 is 0.